The van der Waals surface area contributed by atoms with E-state index in [0.717, 1.165) is 61.6 Å². The molecular weight excluding hydrogens is 1260 g/mol. The molecule has 2 fully saturated rings. The van der Waals surface area contributed by atoms with E-state index in [2.05, 4.69) is 35.9 Å². The van der Waals surface area contributed by atoms with Crippen molar-refractivity contribution >= 4 is 100 Å². The largest absolute Gasteiger partial charge is 0.478 e. The van der Waals surface area contributed by atoms with Gasteiger partial charge in [0.15, 0.2) is 0 Å². The van der Waals surface area contributed by atoms with Crippen molar-refractivity contribution < 1.29 is 51.5 Å². The molecule has 6 heterocycles. The van der Waals surface area contributed by atoms with Crippen LogP contribution in [0.3, 0.4) is 0 Å². The number of aromatic carboxylic acids is 1. The van der Waals surface area contributed by atoms with E-state index >= 15 is 0 Å². The standard InChI is InChI=1S/C30H24ClFN6O5S.C23H22ClN5O2S.C7H4FNO4.C2H6/c31-25-17-33-30(34-19-12-14-36(15-13-19)29(39)23-11-10-20(38(40)41)16-26(23)32)35-28(25)24-18-37(27-9-5-4-8-22(24)27)44(42,43)21-6-2-1-3-7-21;24-20-14-26-23(27-16-10-12-25-13-11-16)28-22(20)19-15-29(21-9-5-4-8-18(19)21)32(30,31)17-6-2-1-3-7-17;8-6-3-4(9(12)13)1-2-5(6)7(10)11;1-2/h1-11,16-19H,12-15H2,(H,33,34,35);1-9,14-16,25H,10-13H2,(H,26,27,28);1-3H,(H,10,11);1-2H3/i;;;1D. The number of nitro benzene ring substituents is 2. The van der Waals surface area contributed by atoms with E-state index in [1.807, 2.05) is 18.2 Å². The molecule has 10 aromatic rings. The summed E-state index contributed by atoms with van der Waals surface area (Å²) < 4.78 is 89.8. The summed E-state index contributed by atoms with van der Waals surface area (Å²) in [6, 6.07) is 36.4. The number of likely N-dealkylation sites (tertiary alicyclic amines) is 1. The minimum Gasteiger partial charge on any atom is -0.478 e. The Morgan fingerprint density at radius 2 is 1.02 bits per heavy atom. The number of hydrogen-bond donors (Lipinski definition) is 4. The van der Waals surface area contributed by atoms with Crippen molar-refractivity contribution in [3.63, 3.8) is 0 Å². The van der Waals surface area contributed by atoms with Gasteiger partial charge in [0.1, 0.15) is 11.6 Å². The number of anilines is 2. The number of fused-ring (bicyclic) bond motifs is 2. The van der Waals surface area contributed by atoms with Crippen molar-refractivity contribution in [3.8, 4) is 22.5 Å². The third kappa shape index (κ3) is 14.8. The second kappa shape index (κ2) is 28.8. The molecule has 0 unspecified atom stereocenters. The fourth-order valence-corrected chi connectivity index (χ4v) is 13.2. The minimum atomic E-state index is -3.91. The van der Waals surface area contributed by atoms with Crippen LogP contribution in [0.1, 0.15) is 61.6 Å². The van der Waals surface area contributed by atoms with Crippen LogP contribution in [0.5, 0.6) is 0 Å². The van der Waals surface area contributed by atoms with E-state index in [1.165, 1.54) is 37.4 Å². The van der Waals surface area contributed by atoms with Gasteiger partial charge in [-0.05, 0) is 87.3 Å². The molecule has 6 aromatic carbocycles. The number of amides is 1. The highest BCUT2D eigenvalue weighted by Crippen LogP contribution is 2.38. The van der Waals surface area contributed by atoms with Crippen molar-refractivity contribution in [2.75, 3.05) is 36.8 Å². The van der Waals surface area contributed by atoms with Crippen LogP contribution >= 0.6 is 23.2 Å². The minimum absolute atomic E-state index is 0.116. The fourth-order valence-electron chi connectivity index (χ4n) is 10.0. The zero-order chi connectivity index (χ0) is 65.9. The van der Waals surface area contributed by atoms with Crippen molar-refractivity contribution in [2.45, 2.75) is 61.4 Å². The number of para-hydroxylation sites is 2. The van der Waals surface area contributed by atoms with Crippen LogP contribution < -0.4 is 16.0 Å². The number of carbonyl (C=O) groups is 2. The third-order valence-corrected chi connectivity index (χ3v) is 18.5. The van der Waals surface area contributed by atoms with E-state index in [9.17, 15) is 55.4 Å². The average molecular weight is 1320 g/mol. The van der Waals surface area contributed by atoms with Crippen molar-refractivity contribution in [2.24, 2.45) is 0 Å². The number of carboxylic acid groups (broad SMARTS) is 1. The van der Waals surface area contributed by atoms with Gasteiger partial charge in [-0.2, -0.15) is 0 Å². The molecule has 0 bridgehead atoms. The zero-order valence-electron chi connectivity index (χ0n) is 49.1. The number of halogens is 4. The lowest BCUT2D eigenvalue weighted by Crippen LogP contribution is -2.42. The number of rotatable bonds is 14. The summed E-state index contributed by atoms with van der Waals surface area (Å²) in [6.07, 6.45) is 9.09. The van der Waals surface area contributed by atoms with Crippen LogP contribution in [0.15, 0.2) is 180 Å². The number of benzene rings is 6. The number of nitrogens with zero attached hydrogens (tertiary/aromatic N) is 9. The number of nitro groups is 2. The maximum absolute atomic E-state index is 14.4. The first kappa shape index (κ1) is 64.2. The first-order valence-corrected chi connectivity index (χ1v) is 31.6. The molecule has 0 saturated carbocycles. The normalized spacial score (nSPS) is 13.7. The van der Waals surface area contributed by atoms with E-state index in [-0.39, 0.29) is 38.4 Å². The highest BCUT2D eigenvalue weighted by Gasteiger charge is 2.29. The summed E-state index contributed by atoms with van der Waals surface area (Å²) >= 11 is 13.0. The number of carbonyl (C=O) groups excluding carboxylic acids is 1. The lowest BCUT2D eigenvalue weighted by molar-refractivity contribution is -0.385. The smallest absolute Gasteiger partial charge is 0.338 e. The van der Waals surface area contributed by atoms with E-state index < -0.39 is 70.3 Å². The summed E-state index contributed by atoms with van der Waals surface area (Å²) in [6.45, 7) is 4.82. The van der Waals surface area contributed by atoms with Crippen LogP contribution in [-0.2, 0) is 20.0 Å². The van der Waals surface area contributed by atoms with Crippen molar-refractivity contribution in [3.05, 3.63) is 223 Å². The summed E-state index contributed by atoms with van der Waals surface area (Å²) in [5.41, 5.74) is 1.34. The monoisotopic (exact) mass is 1320 g/mol. The van der Waals surface area contributed by atoms with E-state index in [0.29, 0.717) is 88.8 Å². The molecule has 0 spiro atoms. The van der Waals surface area contributed by atoms with Gasteiger partial charge >= 0.3 is 5.97 Å². The Balaban J connectivity index is 0.000000181. The number of nitrogens with one attached hydrogen (secondary N) is 3. The van der Waals surface area contributed by atoms with Crippen molar-refractivity contribution in [1.29, 1.82) is 0 Å². The van der Waals surface area contributed by atoms with Crippen molar-refractivity contribution in [1.82, 2.24) is 38.1 Å². The number of non-ortho nitro benzene ring substituents is 2. The van der Waals surface area contributed by atoms with Gasteiger partial charge in [-0.1, -0.05) is 110 Å². The van der Waals surface area contributed by atoms with Gasteiger partial charge in [0.25, 0.3) is 37.3 Å². The Labute approximate surface area is 531 Å². The Morgan fingerprint density at radius 3 is 1.43 bits per heavy atom. The Kier molecular flexibility index (Phi) is 20.3. The molecule has 0 aliphatic carbocycles. The van der Waals surface area contributed by atoms with Gasteiger partial charge in [0, 0.05) is 73.0 Å². The van der Waals surface area contributed by atoms with E-state index in [4.69, 9.17) is 29.7 Å². The van der Waals surface area contributed by atoms with Gasteiger partial charge in [-0.15, -0.1) is 0 Å². The second-order valence-corrected chi connectivity index (χ2v) is 24.6. The molecule has 2 aliphatic rings. The van der Waals surface area contributed by atoms with Crippen LogP contribution in [0.25, 0.3) is 44.3 Å². The van der Waals surface area contributed by atoms with Gasteiger partial charge in [0.2, 0.25) is 11.9 Å². The molecule has 91 heavy (non-hydrogen) atoms. The number of carboxylic acids is 1. The molecule has 12 rings (SSSR count). The molecule has 4 aromatic heterocycles. The zero-order valence-corrected chi connectivity index (χ0v) is 51.2. The molecule has 4 N–H and O–H groups in total. The Morgan fingerprint density at radius 1 is 0.626 bits per heavy atom. The first-order valence-electron chi connectivity index (χ1n) is 28.6. The number of hydrogen-bond acceptors (Lipinski definition) is 17. The lowest BCUT2D eigenvalue weighted by Gasteiger charge is -2.32. The van der Waals surface area contributed by atoms with Crippen LogP contribution in [-0.4, -0.2) is 115 Å². The number of piperidine rings is 2. The predicted molar refractivity (Wildman–Crippen MR) is 340 cm³/mol. The third-order valence-electron chi connectivity index (χ3n) is 14.5. The molecule has 23 nitrogen and oxygen atoms in total. The molecular formula is C62H56Cl2F2N12O11S2. The lowest BCUT2D eigenvalue weighted by atomic mass is 10.0. The molecule has 470 valence electrons. The first-order chi connectivity index (χ1) is 44.1. The SMILES string of the molecule is O=C(O)c1ccc([N+](=O)[O-])cc1F.O=C(c1ccc([N+](=O)[O-])cc1F)N1CCC(Nc2ncc(Cl)c(-c3cn(S(=O)(=O)c4ccccc4)c4ccccc34)n2)CC1.O=S(=O)(c1ccccc1)n1cc(-c2nc(NC3CCNCC3)ncc2Cl)c2ccccc21.[2H]CC. The van der Waals surface area contributed by atoms with Gasteiger partial charge in [-0.3, -0.25) is 25.0 Å². The molecule has 29 heteroatoms. The maximum Gasteiger partial charge on any atom is 0.338 e. The Hall–Kier alpha value is -9.80. The average Bonchev–Trinajstić information content (AvgIpc) is 1.63. The summed E-state index contributed by atoms with van der Waals surface area (Å²) in [5, 5.41) is 41.4. The summed E-state index contributed by atoms with van der Waals surface area (Å²) in [7, 11) is -7.70. The van der Waals surface area contributed by atoms with Crippen LogP contribution in [0.2, 0.25) is 10.0 Å². The second-order valence-electron chi connectivity index (χ2n) is 20.2. The van der Waals surface area contributed by atoms with Gasteiger partial charge < -0.3 is 26.0 Å². The topological polar surface area (TPSA) is 310 Å². The number of aromatic nitrogens is 6. The molecule has 0 radical (unpaired) electrons. The highest BCUT2D eigenvalue weighted by molar-refractivity contribution is 7.90. The predicted octanol–water partition coefficient (Wildman–Crippen LogP) is 12.4. The van der Waals surface area contributed by atoms with Gasteiger partial charge in [0.05, 0.1) is 87.8 Å². The summed E-state index contributed by atoms with van der Waals surface area (Å²) in [5.74, 6) is -3.28. The fraction of sp³-hybridized carbons (Fsp3) is 0.194. The van der Waals surface area contributed by atoms with Crippen LogP contribution in [0.4, 0.5) is 32.1 Å². The molecule has 1 amide bonds. The van der Waals surface area contributed by atoms with Gasteiger partial charge in [-0.25, -0.2) is 58.3 Å². The Bertz CT molecular complexity index is 4600. The quantitative estimate of drug-likeness (QED) is 0.0581. The molecule has 2 aliphatic heterocycles. The van der Waals surface area contributed by atoms with Crippen LogP contribution in [0, 0.1) is 31.9 Å². The maximum atomic E-state index is 14.4. The molecule has 0 atom stereocenters. The molecule has 2 saturated heterocycles. The van der Waals surface area contributed by atoms with E-state index in [1.54, 1.807) is 98.2 Å². The highest BCUT2D eigenvalue weighted by atomic mass is 35.5. The summed E-state index contributed by atoms with van der Waals surface area (Å²) in [4.78, 5) is 62.5.